The van der Waals surface area contributed by atoms with Crippen molar-refractivity contribution in [2.45, 2.75) is 31.8 Å². The van der Waals surface area contributed by atoms with E-state index >= 15 is 0 Å². The molecular weight excluding hydrogens is 619 g/mol. The molecule has 6 nitrogen and oxygen atoms in total. The lowest BCUT2D eigenvalue weighted by Crippen LogP contribution is -2.37. The number of thiophene rings is 2. The number of para-hydroxylation sites is 2. The third-order valence-corrected chi connectivity index (χ3v) is 11.0. The van der Waals surface area contributed by atoms with Crippen LogP contribution in [0, 0.1) is 0 Å². The number of nitrogens with zero attached hydrogens (tertiary/aromatic N) is 2. The lowest BCUT2D eigenvalue weighted by molar-refractivity contribution is 0.286. The predicted molar refractivity (Wildman–Crippen MR) is 178 cm³/mol. The van der Waals surface area contributed by atoms with Crippen molar-refractivity contribution in [3.8, 4) is 11.5 Å². The molecule has 0 amide bonds. The van der Waals surface area contributed by atoms with E-state index in [9.17, 15) is 9.67 Å². The summed E-state index contributed by atoms with van der Waals surface area (Å²) in [6, 6.07) is 30.0. The topological polar surface area (TPSA) is 71.4 Å². The molecule has 1 N–H and O–H groups in total. The van der Waals surface area contributed by atoms with Crippen LogP contribution in [-0.4, -0.2) is 22.4 Å². The minimum absolute atomic E-state index is 0.0846. The minimum Gasteiger partial charge on any atom is -0.399 e. The van der Waals surface area contributed by atoms with Crippen molar-refractivity contribution in [3.63, 3.8) is 0 Å². The van der Waals surface area contributed by atoms with Gasteiger partial charge in [0.2, 0.25) is 0 Å². The second-order valence-electron chi connectivity index (χ2n) is 10.0. The van der Waals surface area contributed by atoms with Gasteiger partial charge in [-0.25, -0.2) is 4.57 Å². The molecule has 6 rings (SSSR count). The van der Waals surface area contributed by atoms with Gasteiger partial charge in [-0.2, -0.15) is 0 Å². The number of benzene rings is 3. The Morgan fingerprint density at radius 3 is 2.23 bits per heavy atom. The normalized spacial score (nSPS) is 16.4. The van der Waals surface area contributed by atoms with Crippen LogP contribution in [0.4, 0.5) is 0 Å². The molecule has 0 saturated heterocycles. The number of aliphatic hydroxyl groups is 1. The van der Waals surface area contributed by atoms with E-state index in [1.54, 1.807) is 46.9 Å². The van der Waals surface area contributed by atoms with Crippen LogP contribution in [0.3, 0.4) is 0 Å². The largest absolute Gasteiger partial charge is 0.564 e. The molecule has 0 saturated carbocycles. The quantitative estimate of drug-likeness (QED) is 0.114. The van der Waals surface area contributed by atoms with Crippen molar-refractivity contribution in [2.24, 2.45) is 4.76 Å². The maximum atomic E-state index is 14.6. The van der Waals surface area contributed by atoms with Gasteiger partial charge in [-0.3, -0.25) is 0 Å². The monoisotopic (exact) mass is 648 g/mol. The van der Waals surface area contributed by atoms with Gasteiger partial charge in [0.05, 0.1) is 17.6 Å². The van der Waals surface area contributed by atoms with E-state index in [1.165, 1.54) is 0 Å². The van der Waals surface area contributed by atoms with Crippen LogP contribution in [0.5, 0.6) is 11.5 Å². The molecule has 220 valence electrons. The fourth-order valence-electron chi connectivity index (χ4n) is 5.04. The van der Waals surface area contributed by atoms with Crippen LogP contribution >= 0.6 is 42.0 Å². The smallest absolute Gasteiger partial charge is 0.399 e. The maximum Gasteiger partial charge on any atom is 0.564 e. The van der Waals surface area contributed by atoms with Crippen LogP contribution in [0.2, 0.25) is 5.02 Å². The van der Waals surface area contributed by atoms with Crippen LogP contribution in [0.1, 0.15) is 35.1 Å². The van der Waals surface area contributed by atoms with Crippen molar-refractivity contribution in [1.82, 2.24) is 4.90 Å². The first-order chi connectivity index (χ1) is 21.0. The molecule has 0 radical (unpaired) electrons. The van der Waals surface area contributed by atoms with Gasteiger partial charge in [-0.05, 0) is 54.6 Å². The van der Waals surface area contributed by atoms with Crippen LogP contribution in [0.25, 0.3) is 10.1 Å². The highest BCUT2D eigenvalue weighted by Crippen LogP contribution is 2.52. The van der Waals surface area contributed by atoms with Gasteiger partial charge in [-0.15, -0.1) is 27.4 Å². The summed E-state index contributed by atoms with van der Waals surface area (Å²) >= 11 is 10.2. The number of rotatable bonds is 11. The van der Waals surface area contributed by atoms with Gasteiger partial charge in [0.1, 0.15) is 17.3 Å². The highest BCUT2D eigenvalue weighted by molar-refractivity contribution is 7.53. The zero-order valence-corrected chi connectivity index (χ0v) is 26.5. The first-order valence-corrected chi connectivity index (χ1v) is 17.5. The molecule has 0 spiro atoms. The Hall–Kier alpha value is -3.39. The number of fused-ring (bicyclic) bond motifs is 1. The first kappa shape index (κ1) is 29.7. The van der Waals surface area contributed by atoms with Gasteiger partial charge in [0.15, 0.2) is 0 Å². The molecule has 10 heteroatoms. The Morgan fingerprint density at radius 1 is 0.930 bits per heavy atom. The molecule has 3 aromatic carbocycles. The Morgan fingerprint density at radius 2 is 1.60 bits per heavy atom. The summed E-state index contributed by atoms with van der Waals surface area (Å²) in [5.41, 5.74) is 1.11. The standard InChI is InChI=1S/C33H30ClN2O4PS2/c34-33-27-16-7-8-17-29(27)43-31(33)23-36-28(30-18-10-20-42-30)21-24(11-9-19-37)22-32(36)35-41(38,39-25-12-3-1-4-13-25)40-26-14-5-2-6-15-26/h1-8,10,12-18,20-21,28,37H,9,11,19,22-23H2/b35-32-. The summed E-state index contributed by atoms with van der Waals surface area (Å²) in [5.74, 6) is 1.37. The lowest BCUT2D eigenvalue weighted by Gasteiger charge is -2.37. The summed E-state index contributed by atoms with van der Waals surface area (Å²) < 4.78 is 32.7. The van der Waals surface area contributed by atoms with Gasteiger partial charge >= 0.3 is 7.75 Å². The molecule has 1 aliphatic heterocycles. The van der Waals surface area contributed by atoms with E-state index in [0.717, 1.165) is 25.4 Å². The number of amidine groups is 1. The van der Waals surface area contributed by atoms with E-state index in [1.807, 2.05) is 60.7 Å². The summed E-state index contributed by atoms with van der Waals surface area (Å²) in [6.07, 6.45) is 3.99. The molecule has 1 aliphatic rings. The second kappa shape index (κ2) is 13.5. The highest BCUT2D eigenvalue weighted by atomic mass is 35.5. The SMILES string of the molecule is O=P(/N=C1/CC(CCCO)=CC(c2cccs2)N1Cc1sc2ccccc2c1Cl)(Oc1ccccc1)Oc1ccccc1. The van der Waals surface area contributed by atoms with E-state index in [0.29, 0.717) is 48.2 Å². The molecule has 0 bridgehead atoms. The van der Waals surface area contributed by atoms with Crippen molar-refractivity contribution in [3.05, 3.63) is 129 Å². The minimum atomic E-state index is -4.13. The van der Waals surface area contributed by atoms with Crippen molar-refractivity contribution in [2.75, 3.05) is 6.61 Å². The Balaban J connectivity index is 1.47. The predicted octanol–water partition coefficient (Wildman–Crippen LogP) is 9.93. The van der Waals surface area contributed by atoms with E-state index in [2.05, 4.69) is 28.5 Å². The highest BCUT2D eigenvalue weighted by Gasteiger charge is 2.35. The second-order valence-corrected chi connectivity index (χ2v) is 14.0. The van der Waals surface area contributed by atoms with E-state index in [-0.39, 0.29) is 12.6 Å². The number of hydrogen-bond acceptors (Lipinski definition) is 6. The van der Waals surface area contributed by atoms with Gasteiger partial charge in [-0.1, -0.05) is 83.9 Å². The van der Waals surface area contributed by atoms with Crippen LogP contribution in [0.15, 0.2) is 119 Å². The average Bonchev–Trinajstić information content (AvgIpc) is 3.66. The zero-order chi connectivity index (χ0) is 29.6. The lowest BCUT2D eigenvalue weighted by atomic mass is 9.96. The maximum absolute atomic E-state index is 14.6. The third-order valence-electron chi connectivity index (χ3n) is 7.02. The zero-order valence-electron chi connectivity index (χ0n) is 23.2. The molecule has 43 heavy (non-hydrogen) atoms. The molecule has 5 aromatic rings. The van der Waals surface area contributed by atoms with Crippen molar-refractivity contribution >= 4 is 57.9 Å². The summed E-state index contributed by atoms with van der Waals surface area (Å²) in [6.45, 7) is 0.543. The molecular formula is C33H30ClN2O4PS2. The molecule has 0 fully saturated rings. The number of halogens is 1. The van der Waals surface area contributed by atoms with E-state index < -0.39 is 7.75 Å². The first-order valence-electron chi connectivity index (χ1n) is 14.0. The molecule has 0 aliphatic carbocycles. The Labute approximate surface area is 264 Å². The summed E-state index contributed by atoms with van der Waals surface area (Å²) in [5, 5.41) is 13.4. The van der Waals surface area contributed by atoms with E-state index in [4.69, 9.17) is 25.4 Å². The van der Waals surface area contributed by atoms with Crippen LogP contribution < -0.4 is 9.05 Å². The average molecular weight is 649 g/mol. The number of hydrogen-bond donors (Lipinski definition) is 1. The van der Waals surface area contributed by atoms with Gasteiger partial charge in [0, 0.05) is 32.9 Å². The Bertz CT molecular complexity index is 1730. The number of aliphatic hydroxyl groups excluding tert-OH is 1. The van der Waals surface area contributed by atoms with Crippen LogP contribution in [-0.2, 0) is 11.1 Å². The van der Waals surface area contributed by atoms with Gasteiger partial charge < -0.3 is 19.1 Å². The molecule has 1 unspecified atom stereocenters. The molecule has 3 heterocycles. The third kappa shape index (κ3) is 7.06. The summed E-state index contributed by atoms with van der Waals surface area (Å²) in [4.78, 5) is 4.27. The fourth-order valence-corrected chi connectivity index (χ4v) is 8.71. The fraction of sp³-hybridized carbons (Fsp3) is 0.182. The van der Waals surface area contributed by atoms with Crippen molar-refractivity contribution < 1.29 is 18.7 Å². The molecule has 1 atom stereocenters. The van der Waals surface area contributed by atoms with Gasteiger partial charge in [0.25, 0.3) is 0 Å². The van der Waals surface area contributed by atoms with Crippen molar-refractivity contribution in [1.29, 1.82) is 0 Å². The Kier molecular flexibility index (Phi) is 9.31. The molecule has 2 aromatic heterocycles. The summed E-state index contributed by atoms with van der Waals surface area (Å²) in [7, 11) is -4.13.